The average Bonchev–Trinajstić information content (AvgIpc) is 3.29. The Kier molecular flexibility index (Phi) is 4.31. The molecule has 156 valence electrons. The standard InChI is InChI=1S/C20H23FN8O/c21-13-1-4-15(28-6-5-20(23,9-28)19(30)27-14-2-3-14)12(7-13)8-29-11-26-16-17(22)24-10-25-18(16)29/h1,4,7,10-11,14H,2-3,5-6,8-9,23H2,(H,27,30)(H2,22,24,25)/t20-/m1/s1. The number of imidazole rings is 1. The molecule has 9 nitrogen and oxygen atoms in total. The van der Waals surface area contributed by atoms with Crippen LogP contribution in [0.5, 0.6) is 0 Å². The predicted molar refractivity (Wildman–Crippen MR) is 110 cm³/mol. The quantitative estimate of drug-likeness (QED) is 0.567. The van der Waals surface area contributed by atoms with Gasteiger partial charge in [-0.15, -0.1) is 0 Å². The van der Waals surface area contributed by atoms with Crippen LogP contribution in [0.15, 0.2) is 30.9 Å². The zero-order valence-electron chi connectivity index (χ0n) is 16.4. The highest BCUT2D eigenvalue weighted by atomic mass is 19.1. The predicted octanol–water partition coefficient (Wildman–Crippen LogP) is 0.782. The van der Waals surface area contributed by atoms with Gasteiger partial charge in [0.05, 0.1) is 12.9 Å². The van der Waals surface area contributed by atoms with Crippen molar-refractivity contribution in [3.63, 3.8) is 0 Å². The fourth-order valence-electron chi connectivity index (χ4n) is 3.97. The summed E-state index contributed by atoms with van der Waals surface area (Å²) in [5.74, 6) is -0.145. The fraction of sp³-hybridized carbons (Fsp3) is 0.400. The van der Waals surface area contributed by atoms with Crippen molar-refractivity contribution in [2.45, 2.75) is 37.4 Å². The third kappa shape index (κ3) is 3.32. The highest BCUT2D eigenvalue weighted by Crippen LogP contribution is 2.31. The van der Waals surface area contributed by atoms with Gasteiger partial charge in [-0.2, -0.15) is 0 Å². The van der Waals surface area contributed by atoms with Crippen molar-refractivity contribution in [2.24, 2.45) is 5.73 Å². The van der Waals surface area contributed by atoms with Crippen LogP contribution in [0.4, 0.5) is 15.9 Å². The smallest absolute Gasteiger partial charge is 0.242 e. The molecule has 1 atom stereocenters. The van der Waals surface area contributed by atoms with Gasteiger partial charge in [-0.3, -0.25) is 4.79 Å². The van der Waals surface area contributed by atoms with Crippen molar-refractivity contribution in [1.29, 1.82) is 0 Å². The number of amides is 1. The van der Waals surface area contributed by atoms with E-state index < -0.39 is 5.54 Å². The number of nitrogens with one attached hydrogen (secondary N) is 1. The number of nitrogen functional groups attached to an aromatic ring is 1. The summed E-state index contributed by atoms with van der Waals surface area (Å²) in [6.07, 6.45) is 5.57. The summed E-state index contributed by atoms with van der Waals surface area (Å²) in [6, 6.07) is 4.91. The van der Waals surface area contributed by atoms with Crippen molar-refractivity contribution in [3.8, 4) is 0 Å². The minimum absolute atomic E-state index is 0.107. The molecule has 3 aromatic rings. The van der Waals surface area contributed by atoms with Gasteiger partial charge in [-0.25, -0.2) is 19.3 Å². The minimum atomic E-state index is -0.947. The number of carbonyl (C=O) groups is 1. The molecule has 1 aromatic carbocycles. The summed E-state index contributed by atoms with van der Waals surface area (Å²) < 4.78 is 15.9. The number of nitrogens with zero attached hydrogens (tertiary/aromatic N) is 5. The van der Waals surface area contributed by atoms with Crippen molar-refractivity contribution in [2.75, 3.05) is 23.7 Å². The van der Waals surface area contributed by atoms with E-state index in [1.165, 1.54) is 18.5 Å². The lowest BCUT2D eigenvalue weighted by Crippen LogP contribution is -2.56. The summed E-state index contributed by atoms with van der Waals surface area (Å²) in [6.45, 7) is 1.35. The van der Waals surface area contributed by atoms with Gasteiger partial charge < -0.3 is 26.3 Å². The normalized spacial score (nSPS) is 21.3. The van der Waals surface area contributed by atoms with Crippen molar-refractivity contribution >= 4 is 28.6 Å². The van der Waals surface area contributed by atoms with E-state index in [9.17, 15) is 9.18 Å². The Labute approximate surface area is 172 Å². The zero-order valence-corrected chi connectivity index (χ0v) is 16.4. The van der Waals surface area contributed by atoms with Crippen LogP contribution in [0.3, 0.4) is 0 Å². The van der Waals surface area contributed by atoms with Crippen molar-refractivity contribution < 1.29 is 9.18 Å². The Balaban J connectivity index is 1.43. The second-order valence-electron chi connectivity index (χ2n) is 8.15. The molecule has 5 N–H and O–H groups in total. The molecule has 1 amide bonds. The Morgan fingerprint density at radius 1 is 1.30 bits per heavy atom. The van der Waals surface area contributed by atoms with E-state index in [-0.39, 0.29) is 17.8 Å². The van der Waals surface area contributed by atoms with Crippen molar-refractivity contribution in [3.05, 3.63) is 42.2 Å². The van der Waals surface area contributed by atoms with Gasteiger partial charge in [0.15, 0.2) is 11.5 Å². The minimum Gasteiger partial charge on any atom is -0.382 e. The van der Waals surface area contributed by atoms with Crippen LogP contribution in [0, 0.1) is 5.82 Å². The lowest BCUT2D eigenvalue weighted by atomic mass is 9.99. The van der Waals surface area contributed by atoms with Crippen LogP contribution >= 0.6 is 0 Å². The van der Waals surface area contributed by atoms with Crippen LogP contribution in [0.1, 0.15) is 24.8 Å². The van der Waals surface area contributed by atoms with Gasteiger partial charge in [-0.05, 0) is 43.0 Å². The molecule has 30 heavy (non-hydrogen) atoms. The first-order valence-corrected chi connectivity index (χ1v) is 9.97. The van der Waals surface area contributed by atoms with Crippen LogP contribution in [-0.2, 0) is 11.3 Å². The van der Waals surface area contributed by atoms with E-state index in [1.807, 2.05) is 4.90 Å². The monoisotopic (exact) mass is 410 g/mol. The molecule has 0 radical (unpaired) electrons. The third-order valence-corrected chi connectivity index (χ3v) is 5.82. The van der Waals surface area contributed by atoms with E-state index in [1.54, 1.807) is 17.0 Å². The maximum atomic E-state index is 14.1. The molecule has 0 unspecified atom stereocenters. The van der Waals surface area contributed by atoms with Crippen LogP contribution in [-0.4, -0.2) is 50.1 Å². The molecule has 1 aliphatic carbocycles. The van der Waals surface area contributed by atoms with E-state index in [2.05, 4.69) is 20.3 Å². The van der Waals surface area contributed by atoms with Gasteiger partial charge in [0.2, 0.25) is 5.91 Å². The maximum Gasteiger partial charge on any atom is 0.242 e. The van der Waals surface area contributed by atoms with Crippen LogP contribution < -0.4 is 21.7 Å². The number of nitrogens with two attached hydrogens (primary N) is 2. The van der Waals surface area contributed by atoms with Gasteiger partial charge in [-0.1, -0.05) is 0 Å². The third-order valence-electron chi connectivity index (χ3n) is 5.82. The number of carbonyl (C=O) groups excluding carboxylic acids is 1. The van der Waals surface area contributed by atoms with Gasteiger partial charge in [0.25, 0.3) is 0 Å². The molecule has 2 fully saturated rings. The molecular formula is C20H23FN8O. The van der Waals surface area contributed by atoms with E-state index >= 15 is 0 Å². The number of hydrogen-bond donors (Lipinski definition) is 3. The van der Waals surface area contributed by atoms with Gasteiger partial charge >= 0.3 is 0 Å². The SMILES string of the molecule is Nc1ncnc2c1ncn2Cc1cc(F)ccc1N1CC[C@](N)(C(=O)NC2CC2)C1. The maximum absolute atomic E-state index is 14.1. The second kappa shape index (κ2) is 6.91. The Morgan fingerprint density at radius 2 is 2.13 bits per heavy atom. The Morgan fingerprint density at radius 3 is 2.93 bits per heavy atom. The molecule has 1 saturated heterocycles. The molecular weight excluding hydrogens is 387 g/mol. The largest absolute Gasteiger partial charge is 0.382 e. The lowest BCUT2D eigenvalue weighted by molar-refractivity contribution is -0.125. The molecule has 3 heterocycles. The van der Waals surface area contributed by atoms with E-state index in [4.69, 9.17) is 11.5 Å². The van der Waals surface area contributed by atoms with Gasteiger partial charge in [0, 0.05) is 24.8 Å². The molecule has 0 bridgehead atoms. The van der Waals surface area contributed by atoms with Crippen LogP contribution in [0.25, 0.3) is 11.2 Å². The first-order chi connectivity index (χ1) is 14.4. The summed E-state index contributed by atoms with van der Waals surface area (Å²) in [5.41, 5.74) is 14.0. The Bertz CT molecular complexity index is 1130. The van der Waals surface area contributed by atoms with Gasteiger partial charge in [0.1, 0.15) is 23.2 Å². The number of benzene rings is 1. The zero-order chi connectivity index (χ0) is 20.9. The summed E-state index contributed by atoms with van der Waals surface area (Å²) in [4.78, 5) is 27.1. The average molecular weight is 410 g/mol. The highest BCUT2D eigenvalue weighted by Gasteiger charge is 2.43. The second-order valence-corrected chi connectivity index (χ2v) is 8.15. The van der Waals surface area contributed by atoms with E-state index in [0.29, 0.717) is 43.0 Å². The number of rotatable bonds is 5. The molecule has 5 rings (SSSR count). The summed E-state index contributed by atoms with van der Waals surface area (Å²) in [7, 11) is 0. The highest BCUT2D eigenvalue weighted by molar-refractivity contribution is 5.88. The molecule has 1 aliphatic heterocycles. The first-order valence-electron chi connectivity index (χ1n) is 9.97. The molecule has 1 saturated carbocycles. The number of anilines is 2. The number of aromatic nitrogens is 4. The van der Waals surface area contributed by atoms with E-state index in [0.717, 1.165) is 24.1 Å². The summed E-state index contributed by atoms with van der Waals surface area (Å²) >= 11 is 0. The number of hydrogen-bond acceptors (Lipinski definition) is 7. The Hall–Kier alpha value is -3.27. The molecule has 10 heteroatoms. The topological polar surface area (TPSA) is 128 Å². The first kappa shape index (κ1) is 18.7. The number of fused-ring (bicyclic) bond motifs is 1. The number of halogens is 1. The van der Waals surface area contributed by atoms with Crippen molar-refractivity contribution in [1.82, 2.24) is 24.8 Å². The van der Waals surface area contributed by atoms with Crippen LogP contribution in [0.2, 0.25) is 0 Å². The lowest BCUT2D eigenvalue weighted by Gasteiger charge is -2.26. The molecule has 2 aromatic heterocycles. The molecule has 0 spiro atoms. The molecule has 2 aliphatic rings. The summed E-state index contributed by atoms with van der Waals surface area (Å²) in [5, 5.41) is 3.00. The fourth-order valence-corrected chi connectivity index (χ4v) is 3.97.